The number of nitrogens with two attached hydrogens (primary N) is 1. The largest absolute Gasteiger partial charge is 0.399 e. The van der Waals surface area contributed by atoms with Gasteiger partial charge in [-0.1, -0.05) is 0 Å². The van der Waals surface area contributed by atoms with Crippen molar-refractivity contribution in [3.05, 3.63) is 37.2 Å². The summed E-state index contributed by atoms with van der Waals surface area (Å²) in [5, 5.41) is 0.908. The molecule has 5 nitrogen and oxygen atoms in total. The van der Waals surface area contributed by atoms with Crippen LogP contribution in [-0.4, -0.2) is 24.8 Å². The second-order valence-electron chi connectivity index (χ2n) is 4.42. The van der Waals surface area contributed by atoms with Gasteiger partial charge in [-0.15, -0.1) is 11.3 Å². The maximum Gasteiger partial charge on any atom is 0.245 e. The molecule has 0 aliphatic heterocycles. The lowest BCUT2D eigenvalue weighted by Gasteiger charge is -2.18. The van der Waals surface area contributed by atoms with E-state index in [2.05, 4.69) is 36.8 Å². The zero-order valence-electron chi connectivity index (χ0n) is 11.3. The first kappa shape index (κ1) is 16.9. The fourth-order valence-corrected chi connectivity index (χ4v) is 6.38. The highest BCUT2D eigenvalue weighted by atomic mass is 79.9. The van der Waals surface area contributed by atoms with Crippen LogP contribution in [0.4, 0.5) is 5.69 Å². The number of thiazole rings is 1. The Morgan fingerprint density at radius 2 is 1.90 bits per heavy atom. The first-order valence-corrected chi connectivity index (χ1v) is 9.68. The molecule has 0 saturated heterocycles. The molecule has 9 heteroatoms. The predicted molar refractivity (Wildman–Crippen MR) is 91.8 cm³/mol. The minimum Gasteiger partial charge on any atom is -0.399 e. The monoisotopic (exact) mass is 453 g/mol. The van der Waals surface area contributed by atoms with E-state index in [0.29, 0.717) is 14.6 Å². The van der Waals surface area contributed by atoms with Gasteiger partial charge in [0.1, 0.15) is 4.90 Å². The van der Waals surface area contributed by atoms with Gasteiger partial charge >= 0.3 is 0 Å². The fourth-order valence-electron chi connectivity index (χ4n) is 1.76. The summed E-state index contributed by atoms with van der Waals surface area (Å²) in [4.78, 5) is 5.19. The van der Waals surface area contributed by atoms with Crippen LogP contribution in [0, 0.1) is 6.92 Å². The summed E-state index contributed by atoms with van der Waals surface area (Å²) < 4.78 is 27.6. The highest BCUT2D eigenvalue weighted by Crippen LogP contribution is 2.34. The number of nitrogens with zero attached hydrogens (tertiary/aromatic N) is 2. The van der Waals surface area contributed by atoms with Crippen molar-refractivity contribution in [1.82, 2.24) is 9.29 Å². The Bertz CT molecular complexity index is 752. The fraction of sp³-hybridized carbons (Fsp3) is 0.250. The van der Waals surface area contributed by atoms with Crippen LogP contribution >= 0.6 is 43.2 Å². The molecule has 0 spiro atoms. The van der Waals surface area contributed by atoms with Crippen molar-refractivity contribution in [3.8, 4) is 0 Å². The van der Waals surface area contributed by atoms with E-state index in [0.717, 1.165) is 9.88 Å². The standard InChI is InChI=1S/C12H13Br2N3O2S2/c1-7-16-5-9(20-7)6-17(2)21(18,19)12-10(13)3-8(15)4-11(12)14/h3-5H,6,15H2,1-2H3. The van der Waals surface area contributed by atoms with E-state index in [1.807, 2.05) is 6.92 Å². The van der Waals surface area contributed by atoms with E-state index < -0.39 is 10.0 Å². The van der Waals surface area contributed by atoms with Crippen molar-refractivity contribution in [2.75, 3.05) is 12.8 Å². The van der Waals surface area contributed by atoms with Crippen molar-refractivity contribution in [1.29, 1.82) is 0 Å². The molecule has 0 unspecified atom stereocenters. The zero-order valence-corrected chi connectivity index (χ0v) is 16.1. The van der Waals surface area contributed by atoms with E-state index in [1.165, 1.54) is 15.6 Å². The Morgan fingerprint density at radius 3 is 2.38 bits per heavy atom. The van der Waals surface area contributed by atoms with Gasteiger partial charge in [0.05, 0.1) is 5.01 Å². The van der Waals surface area contributed by atoms with Gasteiger partial charge in [-0.05, 0) is 50.9 Å². The van der Waals surface area contributed by atoms with Crippen molar-refractivity contribution in [2.45, 2.75) is 18.4 Å². The van der Waals surface area contributed by atoms with Gasteiger partial charge in [0, 0.05) is 39.3 Å². The first-order chi connectivity index (χ1) is 9.71. The highest BCUT2D eigenvalue weighted by molar-refractivity contribution is 9.11. The van der Waals surface area contributed by atoms with Crippen LogP contribution in [-0.2, 0) is 16.6 Å². The number of sulfonamides is 1. The summed E-state index contributed by atoms with van der Waals surface area (Å²) >= 11 is 8.01. The minimum absolute atomic E-state index is 0.167. The molecule has 1 aromatic heterocycles. The molecule has 0 saturated carbocycles. The molecule has 0 radical (unpaired) electrons. The predicted octanol–water partition coefficient (Wildman–Crippen LogP) is 3.38. The molecule has 0 bridgehead atoms. The van der Waals surface area contributed by atoms with E-state index >= 15 is 0 Å². The molecule has 0 aliphatic rings. The smallest absolute Gasteiger partial charge is 0.245 e. The summed E-state index contributed by atoms with van der Waals surface area (Å²) in [6.07, 6.45) is 1.69. The maximum atomic E-state index is 12.7. The van der Waals surface area contributed by atoms with Crippen LogP contribution in [0.5, 0.6) is 0 Å². The summed E-state index contributed by atoms with van der Waals surface area (Å²) in [5.41, 5.74) is 6.18. The van der Waals surface area contributed by atoms with Crippen molar-refractivity contribution in [2.24, 2.45) is 0 Å². The third-order valence-electron chi connectivity index (χ3n) is 2.74. The lowest BCUT2D eigenvalue weighted by atomic mass is 10.3. The second kappa shape index (κ2) is 6.33. The van der Waals surface area contributed by atoms with Crippen LogP contribution < -0.4 is 5.73 Å². The molecular formula is C12H13Br2N3O2S2. The average molecular weight is 455 g/mol. The lowest BCUT2D eigenvalue weighted by molar-refractivity contribution is 0.468. The van der Waals surface area contributed by atoms with Crippen LogP contribution in [0.3, 0.4) is 0 Å². The van der Waals surface area contributed by atoms with Gasteiger partial charge in [-0.25, -0.2) is 13.4 Å². The molecule has 2 rings (SSSR count). The molecular weight excluding hydrogens is 442 g/mol. The van der Waals surface area contributed by atoms with Gasteiger partial charge in [0.2, 0.25) is 10.0 Å². The van der Waals surface area contributed by atoms with Crippen molar-refractivity contribution < 1.29 is 8.42 Å². The molecule has 1 aromatic carbocycles. The molecule has 114 valence electrons. The molecule has 0 aliphatic carbocycles. The molecule has 21 heavy (non-hydrogen) atoms. The third-order valence-corrected chi connectivity index (χ3v) is 7.32. The van der Waals surface area contributed by atoms with Crippen LogP contribution in [0.2, 0.25) is 0 Å². The van der Waals surface area contributed by atoms with Gasteiger partial charge in [-0.2, -0.15) is 4.31 Å². The Kier molecular flexibility index (Phi) is 5.09. The normalized spacial score (nSPS) is 12.0. The number of benzene rings is 1. The van der Waals surface area contributed by atoms with Gasteiger partial charge in [0.25, 0.3) is 0 Å². The Morgan fingerprint density at radius 1 is 1.33 bits per heavy atom. The molecule has 0 atom stereocenters. The van der Waals surface area contributed by atoms with Crippen LogP contribution in [0.25, 0.3) is 0 Å². The highest BCUT2D eigenvalue weighted by Gasteiger charge is 2.27. The van der Waals surface area contributed by atoms with E-state index in [-0.39, 0.29) is 11.4 Å². The second-order valence-corrected chi connectivity index (χ2v) is 9.43. The number of hydrogen-bond acceptors (Lipinski definition) is 5. The van der Waals surface area contributed by atoms with Crippen molar-refractivity contribution >= 4 is 58.9 Å². The summed E-state index contributed by atoms with van der Waals surface area (Å²) in [5.74, 6) is 0. The number of halogens is 2. The number of anilines is 1. The Hall–Kier alpha value is -0.480. The van der Waals surface area contributed by atoms with Crippen LogP contribution in [0.15, 0.2) is 32.2 Å². The molecule has 2 aromatic rings. The molecule has 2 N–H and O–H groups in total. The molecule has 1 heterocycles. The van der Waals surface area contributed by atoms with Gasteiger partial charge in [-0.3, -0.25) is 0 Å². The number of nitrogen functional groups attached to an aromatic ring is 1. The maximum absolute atomic E-state index is 12.7. The minimum atomic E-state index is -3.64. The van der Waals surface area contributed by atoms with E-state index in [1.54, 1.807) is 25.4 Å². The molecule has 0 fully saturated rings. The lowest BCUT2D eigenvalue weighted by Crippen LogP contribution is -2.26. The molecule has 0 amide bonds. The van der Waals surface area contributed by atoms with Gasteiger partial charge in [0.15, 0.2) is 0 Å². The van der Waals surface area contributed by atoms with Crippen LogP contribution in [0.1, 0.15) is 9.88 Å². The SMILES string of the molecule is Cc1ncc(CN(C)S(=O)(=O)c2c(Br)cc(N)cc2Br)s1. The summed E-state index contributed by atoms with van der Waals surface area (Å²) in [7, 11) is -2.10. The third kappa shape index (κ3) is 3.65. The average Bonchev–Trinajstić information content (AvgIpc) is 2.72. The van der Waals surface area contributed by atoms with E-state index in [4.69, 9.17) is 5.73 Å². The number of aryl methyl sites for hydroxylation is 1. The van der Waals surface area contributed by atoms with E-state index in [9.17, 15) is 8.42 Å². The topological polar surface area (TPSA) is 76.3 Å². The summed E-state index contributed by atoms with van der Waals surface area (Å²) in [6.45, 7) is 2.16. The Labute approximate surface area is 144 Å². The zero-order chi connectivity index (χ0) is 15.8. The van der Waals surface area contributed by atoms with Gasteiger partial charge < -0.3 is 5.73 Å². The first-order valence-electron chi connectivity index (χ1n) is 5.84. The summed E-state index contributed by atoms with van der Waals surface area (Å²) in [6, 6.07) is 3.14. The number of rotatable bonds is 4. The number of hydrogen-bond donors (Lipinski definition) is 1. The number of aromatic nitrogens is 1. The quantitative estimate of drug-likeness (QED) is 0.718. The Balaban J connectivity index is 2.38. The van der Waals surface area contributed by atoms with Crippen molar-refractivity contribution in [3.63, 3.8) is 0 Å².